The van der Waals surface area contributed by atoms with Gasteiger partial charge in [-0.25, -0.2) is 9.97 Å². The molecule has 0 N–H and O–H groups in total. The maximum atomic E-state index is 5.14. The number of methoxy groups -OCH3 is 1. The lowest BCUT2D eigenvalue weighted by atomic mass is 10.1. The van der Waals surface area contributed by atoms with Crippen molar-refractivity contribution in [2.75, 3.05) is 32.1 Å². The minimum absolute atomic E-state index is 0.551. The molecular formula is C14H22N4O. The summed E-state index contributed by atoms with van der Waals surface area (Å²) in [6.45, 7) is 2.72. The molecule has 104 valence electrons. The zero-order chi connectivity index (χ0) is 13.2. The van der Waals surface area contributed by atoms with Crippen molar-refractivity contribution in [2.45, 2.75) is 38.0 Å². The average molecular weight is 262 g/mol. The van der Waals surface area contributed by atoms with Crippen molar-refractivity contribution >= 4 is 5.82 Å². The van der Waals surface area contributed by atoms with E-state index in [1.165, 1.54) is 19.3 Å². The van der Waals surface area contributed by atoms with Gasteiger partial charge in [-0.2, -0.15) is 0 Å². The van der Waals surface area contributed by atoms with Gasteiger partial charge in [-0.15, -0.1) is 0 Å². The molecule has 1 aromatic rings. The summed E-state index contributed by atoms with van der Waals surface area (Å²) in [7, 11) is 3.96. The molecule has 2 unspecified atom stereocenters. The predicted octanol–water partition coefficient (Wildman–Crippen LogP) is 1.30. The highest BCUT2D eigenvalue weighted by atomic mass is 16.5. The molecule has 19 heavy (non-hydrogen) atoms. The van der Waals surface area contributed by atoms with Crippen LogP contribution < -0.4 is 4.90 Å². The molecule has 2 atom stereocenters. The van der Waals surface area contributed by atoms with Gasteiger partial charge in [0.1, 0.15) is 12.1 Å². The van der Waals surface area contributed by atoms with Crippen molar-refractivity contribution in [3.63, 3.8) is 0 Å². The van der Waals surface area contributed by atoms with Crippen molar-refractivity contribution in [3.05, 3.63) is 18.1 Å². The molecule has 5 nitrogen and oxygen atoms in total. The molecule has 2 aliphatic heterocycles. The Kier molecular flexibility index (Phi) is 3.66. The quantitative estimate of drug-likeness (QED) is 0.821. The van der Waals surface area contributed by atoms with Gasteiger partial charge in [-0.1, -0.05) is 0 Å². The first kappa shape index (κ1) is 12.8. The van der Waals surface area contributed by atoms with Crippen LogP contribution in [0.1, 0.15) is 25.0 Å². The highest BCUT2D eigenvalue weighted by Crippen LogP contribution is 2.30. The zero-order valence-corrected chi connectivity index (χ0v) is 11.7. The summed E-state index contributed by atoms with van der Waals surface area (Å²) in [4.78, 5) is 13.6. The number of nitrogens with zero attached hydrogens (tertiary/aromatic N) is 4. The largest absolute Gasteiger partial charge is 0.378 e. The molecule has 0 aliphatic carbocycles. The van der Waals surface area contributed by atoms with Crippen LogP contribution in [0.15, 0.2) is 12.4 Å². The zero-order valence-electron chi connectivity index (χ0n) is 11.7. The van der Waals surface area contributed by atoms with Crippen molar-refractivity contribution in [1.82, 2.24) is 14.9 Å². The first-order valence-electron chi connectivity index (χ1n) is 7.04. The van der Waals surface area contributed by atoms with Gasteiger partial charge >= 0.3 is 0 Å². The van der Waals surface area contributed by atoms with E-state index in [0.717, 1.165) is 30.6 Å². The molecule has 2 aliphatic rings. The lowest BCUT2D eigenvalue weighted by molar-refractivity contribution is 0.181. The molecule has 3 heterocycles. The summed E-state index contributed by atoms with van der Waals surface area (Å²) >= 11 is 0. The fourth-order valence-corrected chi connectivity index (χ4v) is 3.30. The lowest BCUT2D eigenvalue weighted by Gasteiger charge is -2.26. The van der Waals surface area contributed by atoms with Gasteiger partial charge in [0, 0.05) is 38.3 Å². The molecule has 0 amide bonds. The van der Waals surface area contributed by atoms with E-state index >= 15 is 0 Å². The Labute approximate surface area is 114 Å². The van der Waals surface area contributed by atoms with Crippen LogP contribution in [0, 0.1) is 0 Å². The number of ether oxygens (including phenoxy) is 1. The molecule has 0 radical (unpaired) electrons. The van der Waals surface area contributed by atoms with Gasteiger partial charge < -0.3 is 9.64 Å². The minimum Gasteiger partial charge on any atom is -0.378 e. The van der Waals surface area contributed by atoms with Crippen LogP contribution in [0.5, 0.6) is 0 Å². The van der Waals surface area contributed by atoms with E-state index < -0.39 is 0 Å². The normalized spacial score (nSPS) is 27.6. The second-order valence-electron chi connectivity index (χ2n) is 5.59. The predicted molar refractivity (Wildman–Crippen MR) is 74.1 cm³/mol. The monoisotopic (exact) mass is 262 g/mol. The summed E-state index contributed by atoms with van der Waals surface area (Å²) in [5, 5.41) is 0. The van der Waals surface area contributed by atoms with Crippen LogP contribution in [0.3, 0.4) is 0 Å². The van der Waals surface area contributed by atoms with E-state index in [9.17, 15) is 0 Å². The summed E-state index contributed by atoms with van der Waals surface area (Å²) in [5.74, 6) is 1.04. The van der Waals surface area contributed by atoms with Gasteiger partial charge in [0.2, 0.25) is 0 Å². The molecule has 0 spiro atoms. The summed E-state index contributed by atoms with van der Waals surface area (Å²) in [6, 6.07) is 3.49. The third kappa shape index (κ3) is 2.58. The third-order valence-corrected chi connectivity index (χ3v) is 4.47. The Morgan fingerprint density at radius 2 is 2.11 bits per heavy atom. The maximum absolute atomic E-state index is 5.14. The third-order valence-electron chi connectivity index (χ3n) is 4.47. The summed E-state index contributed by atoms with van der Waals surface area (Å²) < 4.78 is 5.14. The van der Waals surface area contributed by atoms with E-state index in [0.29, 0.717) is 12.6 Å². The van der Waals surface area contributed by atoms with Crippen molar-refractivity contribution in [1.29, 1.82) is 0 Å². The molecule has 1 aromatic heterocycles. The van der Waals surface area contributed by atoms with Gasteiger partial charge in [0.15, 0.2) is 0 Å². The van der Waals surface area contributed by atoms with Gasteiger partial charge in [0.25, 0.3) is 0 Å². The van der Waals surface area contributed by atoms with E-state index in [1.54, 1.807) is 13.4 Å². The molecule has 2 saturated heterocycles. The van der Waals surface area contributed by atoms with Crippen molar-refractivity contribution in [2.24, 2.45) is 0 Å². The first-order chi connectivity index (χ1) is 9.28. The number of hydrogen-bond acceptors (Lipinski definition) is 5. The summed E-state index contributed by atoms with van der Waals surface area (Å²) in [6.07, 6.45) is 5.55. The topological polar surface area (TPSA) is 41.5 Å². The highest BCUT2D eigenvalue weighted by molar-refractivity contribution is 5.39. The molecule has 0 saturated carbocycles. The first-order valence-corrected chi connectivity index (χ1v) is 7.04. The molecular weight excluding hydrogens is 240 g/mol. The fourth-order valence-electron chi connectivity index (χ4n) is 3.30. The number of rotatable bonds is 3. The number of likely N-dealkylation sites (N-methyl/N-ethyl adjacent to an activating group) is 1. The Morgan fingerprint density at radius 3 is 2.95 bits per heavy atom. The Bertz CT molecular complexity index is 439. The average Bonchev–Trinajstić information content (AvgIpc) is 2.64. The second-order valence-corrected chi connectivity index (χ2v) is 5.59. The van der Waals surface area contributed by atoms with Crippen LogP contribution in [-0.2, 0) is 11.3 Å². The van der Waals surface area contributed by atoms with E-state index in [2.05, 4.69) is 32.9 Å². The van der Waals surface area contributed by atoms with Gasteiger partial charge in [-0.3, -0.25) is 4.90 Å². The highest BCUT2D eigenvalue weighted by Gasteiger charge is 2.34. The SMILES string of the molecule is COCc1cc(N2CCC3CCC(C2)N3C)ncn1. The molecule has 2 bridgehead atoms. The summed E-state index contributed by atoms with van der Waals surface area (Å²) in [5.41, 5.74) is 0.954. The maximum Gasteiger partial charge on any atom is 0.132 e. The van der Waals surface area contributed by atoms with Crippen molar-refractivity contribution in [3.8, 4) is 0 Å². The molecule has 3 rings (SSSR count). The van der Waals surface area contributed by atoms with Crippen LogP contribution in [0.2, 0.25) is 0 Å². The molecule has 5 heteroatoms. The Balaban J connectivity index is 1.77. The number of hydrogen-bond donors (Lipinski definition) is 0. The number of anilines is 1. The van der Waals surface area contributed by atoms with Gasteiger partial charge in [-0.05, 0) is 26.3 Å². The lowest BCUT2D eigenvalue weighted by Crippen LogP contribution is -2.37. The molecule has 2 fully saturated rings. The Hall–Kier alpha value is -1.20. The van der Waals surface area contributed by atoms with E-state index in [-0.39, 0.29) is 0 Å². The van der Waals surface area contributed by atoms with Crippen LogP contribution in [0.4, 0.5) is 5.82 Å². The van der Waals surface area contributed by atoms with E-state index in [4.69, 9.17) is 4.74 Å². The number of fused-ring (bicyclic) bond motifs is 2. The Morgan fingerprint density at radius 1 is 1.26 bits per heavy atom. The van der Waals surface area contributed by atoms with E-state index in [1.807, 2.05) is 0 Å². The van der Waals surface area contributed by atoms with Crippen LogP contribution >= 0.6 is 0 Å². The fraction of sp³-hybridized carbons (Fsp3) is 0.714. The molecule has 0 aromatic carbocycles. The van der Waals surface area contributed by atoms with Gasteiger partial charge in [0.05, 0.1) is 12.3 Å². The minimum atomic E-state index is 0.551. The van der Waals surface area contributed by atoms with Crippen LogP contribution in [-0.4, -0.2) is 54.2 Å². The van der Waals surface area contributed by atoms with Crippen molar-refractivity contribution < 1.29 is 4.74 Å². The second kappa shape index (κ2) is 5.43. The number of aromatic nitrogens is 2. The smallest absolute Gasteiger partial charge is 0.132 e. The standard InChI is InChI=1S/C14H22N4O/c1-17-12-3-4-13(17)8-18(6-5-12)14-7-11(9-19-2)15-10-16-14/h7,10,12-13H,3-6,8-9H2,1-2H3. The van der Waals surface area contributed by atoms with Crippen LogP contribution in [0.25, 0.3) is 0 Å².